The lowest BCUT2D eigenvalue weighted by Gasteiger charge is -2.13. The van der Waals surface area contributed by atoms with E-state index in [1.165, 1.54) is 0 Å². The van der Waals surface area contributed by atoms with Crippen LogP contribution in [0.1, 0.15) is 13.8 Å². The fraction of sp³-hybridized carbons (Fsp3) is 0.154. The number of esters is 2. The number of hydrogen-bond acceptors (Lipinski definition) is 6. The molecule has 0 aromatic heterocycles. The maximum atomic E-state index is 11.6. The first-order valence-corrected chi connectivity index (χ1v) is 9.90. The predicted molar refractivity (Wildman–Crippen MR) is 122 cm³/mol. The van der Waals surface area contributed by atoms with E-state index in [0.717, 1.165) is 21.9 Å². The van der Waals surface area contributed by atoms with Crippen molar-refractivity contribution in [3.05, 3.63) is 85.0 Å². The summed E-state index contributed by atoms with van der Waals surface area (Å²) in [4.78, 5) is 23.0. The van der Waals surface area contributed by atoms with Gasteiger partial charge in [0, 0.05) is 16.5 Å². The molecule has 0 aliphatic heterocycles. The Balaban J connectivity index is 1.75. The third-order valence-electron chi connectivity index (χ3n) is 4.57. The van der Waals surface area contributed by atoms with E-state index < -0.39 is 11.9 Å². The third-order valence-corrected chi connectivity index (χ3v) is 4.57. The van der Waals surface area contributed by atoms with Gasteiger partial charge in [-0.2, -0.15) is 0 Å². The maximum absolute atomic E-state index is 11.6. The molecule has 0 aliphatic carbocycles. The molecule has 3 aromatic rings. The predicted octanol–water partition coefficient (Wildman–Crippen LogP) is 5.42. The molecule has 0 spiro atoms. The first-order chi connectivity index (χ1) is 15.4. The highest BCUT2D eigenvalue weighted by Gasteiger charge is 2.10. The normalized spacial score (nSPS) is 10.3. The SMILES string of the molecule is C=C(C)C(=O)OCOc1ccc(-c2ccc(OCOC(=O)C(=C)C)c3ccccc23)cc1. The molecule has 0 saturated carbocycles. The van der Waals surface area contributed by atoms with Crippen molar-refractivity contribution in [1.29, 1.82) is 0 Å². The van der Waals surface area contributed by atoms with Crippen LogP contribution in [0.2, 0.25) is 0 Å². The molecule has 32 heavy (non-hydrogen) atoms. The monoisotopic (exact) mass is 432 g/mol. The van der Waals surface area contributed by atoms with Crippen molar-refractivity contribution >= 4 is 22.7 Å². The number of rotatable bonds is 9. The molecule has 3 rings (SSSR count). The van der Waals surface area contributed by atoms with E-state index in [2.05, 4.69) is 13.2 Å². The lowest BCUT2D eigenvalue weighted by molar-refractivity contribution is -0.146. The average molecular weight is 432 g/mol. The van der Waals surface area contributed by atoms with E-state index in [-0.39, 0.29) is 13.6 Å². The van der Waals surface area contributed by atoms with Gasteiger partial charge in [0.15, 0.2) is 0 Å². The van der Waals surface area contributed by atoms with Crippen LogP contribution in [0.3, 0.4) is 0 Å². The van der Waals surface area contributed by atoms with Crippen molar-refractivity contribution in [1.82, 2.24) is 0 Å². The Morgan fingerprint density at radius 2 is 1.28 bits per heavy atom. The molecule has 0 radical (unpaired) electrons. The largest absolute Gasteiger partial charge is 0.457 e. The van der Waals surface area contributed by atoms with Gasteiger partial charge in [-0.25, -0.2) is 9.59 Å². The fourth-order valence-corrected chi connectivity index (χ4v) is 2.92. The van der Waals surface area contributed by atoms with Crippen molar-refractivity contribution in [2.75, 3.05) is 13.6 Å². The highest BCUT2D eigenvalue weighted by Crippen LogP contribution is 2.35. The molecule has 0 heterocycles. The summed E-state index contributed by atoms with van der Waals surface area (Å²) >= 11 is 0. The zero-order chi connectivity index (χ0) is 23.1. The van der Waals surface area contributed by atoms with Gasteiger partial charge in [0.1, 0.15) is 11.5 Å². The Bertz CT molecular complexity index is 1160. The number of carbonyl (C=O) groups is 2. The summed E-state index contributed by atoms with van der Waals surface area (Å²) in [6.45, 7) is 9.85. The van der Waals surface area contributed by atoms with Crippen LogP contribution in [0.15, 0.2) is 85.0 Å². The summed E-state index contributed by atoms with van der Waals surface area (Å²) < 4.78 is 21.1. The minimum absolute atomic E-state index is 0.185. The van der Waals surface area contributed by atoms with Crippen LogP contribution in [-0.2, 0) is 19.1 Å². The Labute approximate surface area is 186 Å². The van der Waals surface area contributed by atoms with Gasteiger partial charge in [0.2, 0.25) is 13.6 Å². The smallest absolute Gasteiger partial charge is 0.335 e. The van der Waals surface area contributed by atoms with Crippen LogP contribution in [0, 0.1) is 0 Å². The van der Waals surface area contributed by atoms with Gasteiger partial charge >= 0.3 is 11.9 Å². The average Bonchev–Trinajstić information content (AvgIpc) is 2.79. The Hall–Kier alpha value is -4.06. The van der Waals surface area contributed by atoms with E-state index in [1.807, 2.05) is 48.5 Å². The summed E-state index contributed by atoms with van der Waals surface area (Å²) in [5, 5.41) is 1.88. The number of benzene rings is 3. The molecule has 0 amide bonds. The zero-order valence-electron chi connectivity index (χ0n) is 18.1. The first kappa shape index (κ1) is 22.6. The van der Waals surface area contributed by atoms with Gasteiger partial charge in [0.05, 0.1) is 0 Å². The highest BCUT2D eigenvalue weighted by atomic mass is 16.7. The lowest BCUT2D eigenvalue weighted by atomic mass is 9.97. The van der Waals surface area contributed by atoms with Crippen molar-refractivity contribution in [3.63, 3.8) is 0 Å². The van der Waals surface area contributed by atoms with Crippen LogP contribution in [0.25, 0.3) is 21.9 Å². The van der Waals surface area contributed by atoms with Gasteiger partial charge in [-0.3, -0.25) is 0 Å². The van der Waals surface area contributed by atoms with Gasteiger partial charge in [-0.15, -0.1) is 0 Å². The Kier molecular flexibility index (Phi) is 7.29. The van der Waals surface area contributed by atoms with Crippen molar-refractivity contribution in [2.45, 2.75) is 13.8 Å². The quantitative estimate of drug-likeness (QED) is 0.256. The second kappa shape index (κ2) is 10.3. The first-order valence-electron chi connectivity index (χ1n) is 9.90. The third kappa shape index (κ3) is 5.55. The number of hydrogen-bond donors (Lipinski definition) is 0. The van der Waals surface area contributed by atoms with Crippen LogP contribution >= 0.6 is 0 Å². The molecule has 6 heteroatoms. The van der Waals surface area contributed by atoms with Gasteiger partial charge in [-0.05, 0) is 48.6 Å². The molecule has 0 saturated heterocycles. The minimum Gasteiger partial charge on any atom is -0.457 e. The second-order valence-electron chi connectivity index (χ2n) is 7.13. The zero-order valence-corrected chi connectivity index (χ0v) is 18.1. The molecular weight excluding hydrogens is 408 g/mol. The number of ether oxygens (including phenoxy) is 4. The van der Waals surface area contributed by atoms with E-state index in [9.17, 15) is 9.59 Å². The molecule has 0 fully saturated rings. The van der Waals surface area contributed by atoms with Crippen molar-refractivity contribution < 1.29 is 28.5 Å². The van der Waals surface area contributed by atoms with E-state index in [0.29, 0.717) is 22.6 Å². The molecule has 3 aromatic carbocycles. The van der Waals surface area contributed by atoms with Gasteiger partial charge in [-0.1, -0.05) is 55.6 Å². The van der Waals surface area contributed by atoms with Crippen LogP contribution < -0.4 is 9.47 Å². The molecule has 0 atom stereocenters. The summed E-state index contributed by atoms with van der Waals surface area (Å²) in [7, 11) is 0. The van der Waals surface area contributed by atoms with Crippen LogP contribution in [0.5, 0.6) is 11.5 Å². The molecule has 164 valence electrons. The summed E-state index contributed by atoms with van der Waals surface area (Å²) in [5.41, 5.74) is 2.62. The topological polar surface area (TPSA) is 71.1 Å². The van der Waals surface area contributed by atoms with E-state index in [4.69, 9.17) is 18.9 Å². The lowest BCUT2D eigenvalue weighted by Crippen LogP contribution is -2.10. The molecule has 0 N–H and O–H groups in total. The van der Waals surface area contributed by atoms with Crippen LogP contribution in [-0.4, -0.2) is 25.5 Å². The standard InChI is InChI=1S/C26H24O6/c1-17(2)25(27)31-15-29-20-11-9-19(10-12-20)21-13-14-24(23-8-6-5-7-22(21)23)30-16-32-26(28)18(3)4/h5-14H,1,3,15-16H2,2,4H3. The molecule has 0 aliphatic rings. The molecule has 0 unspecified atom stereocenters. The highest BCUT2D eigenvalue weighted by molar-refractivity contribution is 6.00. The van der Waals surface area contributed by atoms with Crippen molar-refractivity contribution in [2.24, 2.45) is 0 Å². The number of carbonyl (C=O) groups excluding carboxylic acids is 2. The summed E-state index contributed by atoms with van der Waals surface area (Å²) in [6, 6.07) is 19.1. The summed E-state index contributed by atoms with van der Waals surface area (Å²) in [5.74, 6) is 0.192. The van der Waals surface area contributed by atoms with E-state index in [1.54, 1.807) is 26.0 Å². The summed E-state index contributed by atoms with van der Waals surface area (Å²) in [6.07, 6.45) is 0. The molecular formula is C26H24O6. The van der Waals surface area contributed by atoms with Gasteiger partial charge in [0.25, 0.3) is 0 Å². The van der Waals surface area contributed by atoms with Crippen molar-refractivity contribution in [3.8, 4) is 22.6 Å². The Morgan fingerprint density at radius 3 is 1.88 bits per heavy atom. The Morgan fingerprint density at radius 1 is 0.719 bits per heavy atom. The fourth-order valence-electron chi connectivity index (χ4n) is 2.92. The molecule has 0 bridgehead atoms. The second-order valence-corrected chi connectivity index (χ2v) is 7.13. The van der Waals surface area contributed by atoms with Gasteiger partial charge < -0.3 is 18.9 Å². The van der Waals surface area contributed by atoms with E-state index >= 15 is 0 Å². The van der Waals surface area contributed by atoms with Crippen LogP contribution in [0.4, 0.5) is 0 Å². The minimum atomic E-state index is -0.498. The maximum Gasteiger partial charge on any atom is 0.335 e. The molecule has 6 nitrogen and oxygen atoms in total. The number of fused-ring (bicyclic) bond motifs is 1.